The van der Waals surface area contributed by atoms with Gasteiger partial charge in [0.2, 0.25) is 5.13 Å². The van der Waals surface area contributed by atoms with Gasteiger partial charge in [-0.15, -0.1) is 10.2 Å². The van der Waals surface area contributed by atoms with Gasteiger partial charge in [-0.3, -0.25) is 14.9 Å². The second-order valence-corrected chi connectivity index (χ2v) is 7.27. The number of hydrogen-bond donors (Lipinski definition) is 2. The van der Waals surface area contributed by atoms with Crippen LogP contribution in [0.5, 0.6) is 0 Å². The van der Waals surface area contributed by atoms with E-state index in [9.17, 15) is 14.4 Å². The van der Waals surface area contributed by atoms with Gasteiger partial charge >= 0.3 is 6.03 Å². The Kier molecular flexibility index (Phi) is 4.58. The number of nitrogens with zero attached hydrogens (tertiary/aromatic N) is 3. The fourth-order valence-electron chi connectivity index (χ4n) is 2.86. The minimum absolute atomic E-state index is 0.284. The van der Waals surface area contributed by atoms with Crippen molar-refractivity contribution in [1.29, 1.82) is 0 Å². The third-order valence-corrected chi connectivity index (χ3v) is 4.94. The summed E-state index contributed by atoms with van der Waals surface area (Å²) >= 11 is 1.29. The van der Waals surface area contributed by atoms with E-state index in [2.05, 4.69) is 20.8 Å². The van der Waals surface area contributed by atoms with Crippen molar-refractivity contribution >= 4 is 40.0 Å². The topological polar surface area (TPSA) is 104 Å². The van der Waals surface area contributed by atoms with E-state index in [1.165, 1.54) is 11.3 Å². The number of rotatable bonds is 4. The summed E-state index contributed by atoms with van der Waals surface area (Å²) in [4.78, 5) is 38.1. The molecule has 0 radical (unpaired) electrons. The van der Waals surface area contributed by atoms with Crippen LogP contribution >= 0.6 is 11.3 Å². The lowest BCUT2D eigenvalue weighted by Crippen LogP contribution is -2.29. The number of carbonyl (C=O) groups excluding carboxylic acids is 3. The second-order valence-electron chi connectivity index (χ2n) is 6.09. The van der Waals surface area contributed by atoms with E-state index >= 15 is 0 Å². The summed E-state index contributed by atoms with van der Waals surface area (Å²) in [6.07, 6.45) is 0. The number of amides is 4. The van der Waals surface area contributed by atoms with Crippen molar-refractivity contribution in [2.75, 3.05) is 10.2 Å². The summed E-state index contributed by atoms with van der Waals surface area (Å²) < 4.78 is 0. The Hall–Kier alpha value is -3.59. The number of urea groups is 1. The summed E-state index contributed by atoms with van der Waals surface area (Å²) in [5, 5.41) is 14.2. The third-order valence-electron chi connectivity index (χ3n) is 4.19. The molecule has 0 spiro atoms. The molecule has 4 amide bonds. The van der Waals surface area contributed by atoms with Gasteiger partial charge in [0.05, 0.1) is 16.8 Å². The van der Waals surface area contributed by atoms with E-state index in [1.807, 2.05) is 0 Å². The van der Waals surface area contributed by atoms with Crippen LogP contribution in [0.1, 0.15) is 31.3 Å². The minimum atomic E-state index is -0.388. The number of imide groups is 1. The first kappa shape index (κ1) is 17.8. The predicted octanol–water partition coefficient (Wildman–Crippen LogP) is 2.97. The van der Waals surface area contributed by atoms with Crippen molar-refractivity contribution < 1.29 is 14.4 Å². The molecule has 8 nitrogen and oxygen atoms in total. The number of fused-ring (bicyclic) bond motifs is 1. The number of aryl methyl sites for hydroxylation is 1. The molecule has 3 aromatic rings. The van der Waals surface area contributed by atoms with Crippen LogP contribution in [0.2, 0.25) is 0 Å². The Balaban J connectivity index is 1.40. The third kappa shape index (κ3) is 3.35. The molecule has 4 rings (SSSR count). The lowest BCUT2D eigenvalue weighted by molar-refractivity contribution is 0.0926. The molecule has 0 fully saturated rings. The number of aromatic nitrogens is 2. The van der Waals surface area contributed by atoms with Crippen LogP contribution < -0.4 is 15.5 Å². The molecule has 0 aliphatic carbocycles. The summed E-state index contributed by atoms with van der Waals surface area (Å²) in [7, 11) is 0. The number of carbonyl (C=O) groups is 3. The van der Waals surface area contributed by atoms with Crippen LogP contribution in [0.4, 0.5) is 15.6 Å². The highest BCUT2D eigenvalue weighted by atomic mass is 32.1. The van der Waals surface area contributed by atoms with Crippen molar-refractivity contribution in [2.24, 2.45) is 0 Å². The summed E-state index contributed by atoms with van der Waals surface area (Å²) in [5.74, 6) is -0.670. The molecule has 1 aliphatic rings. The van der Waals surface area contributed by atoms with Gasteiger partial charge in [-0.05, 0) is 36.8 Å². The monoisotopic (exact) mass is 393 g/mol. The van der Waals surface area contributed by atoms with Crippen molar-refractivity contribution in [3.05, 3.63) is 70.2 Å². The SMILES string of the molecule is Cc1nnc(NC(=O)NCc2ccc(N3C(=O)c4ccccc4C3=O)cc2)s1. The molecule has 1 aliphatic heterocycles. The summed E-state index contributed by atoms with van der Waals surface area (Å²) in [5.41, 5.74) is 2.12. The first-order chi connectivity index (χ1) is 13.5. The van der Waals surface area contributed by atoms with E-state index in [0.29, 0.717) is 21.9 Å². The molecule has 2 N–H and O–H groups in total. The van der Waals surface area contributed by atoms with E-state index in [1.54, 1.807) is 55.5 Å². The number of hydrogen-bond acceptors (Lipinski definition) is 6. The molecule has 140 valence electrons. The molecule has 0 bridgehead atoms. The Morgan fingerprint density at radius 1 is 1.00 bits per heavy atom. The predicted molar refractivity (Wildman–Crippen MR) is 105 cm³/mol. The highest BCUT2D eigenvalue weighted by molar-refractivity contribution is 7.15. The van der Waals surface area contributed by atoms with Gasteiger partial charge in [0.1, 0.15) is 5.01 Å². The van der Waals surface area contributed by atoms with Gasteiger partial charge in [-0.1, -0.05) is 35.6 Å². The minimum Gasteiger partial charge on any atom is -0.334 e. The van der Waals surface area contributed by atoms with Crippen LogP contribution in [-0.2, 0) is 6.54 Å². The Morgan fingerprint density at radius 2 is 1.64 bits per heavy atom. The number of anilines is 2. The first-order valence-corrected chi connectivity index (χ1v) is 9.26. The second kappa shape index (κ2) is 7.20. The van der Waals surface area contributed by atoms with Crippen LogP contribution in [0.3, 0.4) is 0 Å². The molecular formula is C19H15N5O3S. The van der Waals surface area contributed by atoms with Crippen molar-refractivity contribution in [3.63, 3.8) is 0 Å². The van der Waals surface area contributed by atoms with Crippen molar-refractivity contribution in [3.8, 4) is 0 Å². The molecule has 9 heteroatoms. The molecule has 2 aromatic carbocycles. The van der Waals surface area contributed by atoms with Crippen molar-refractivity contribution in [2.45, 2.75) is 13.5 Å². The normalized spacial score (nSPS) is 12.8. The highest BCUT2D eigenvalue weighted by Gasteiger charge is 2.36. The summed E-state index contributed by atoms with van der Waals surface area (Å²) in [6, 6.07) is 13.3. The Labute approximate surface area is 164 Å². The van der Waals surface area contributed by atoms with Gasteiger partial charge in [0.15, 0.2) is 0 Å². The molecule has 0 saturated carbocycles. The van der Waals surface area contributed by atoms with E-state index in [4.69, 9.17) is 0 Å². The zero-order valence-corrected chi connectivity index (χ0v) is 15.6. The maximum absolute atomic E-state index is 12.5. The van der Waals surface area contributed by atoms with Crippen LogP contribution in [0.25, 0.3) is 0 Å². The van der Waals surface area contributed by atoms with Gasteiger partial charge < -0.3 is 5.32 Å². The number of benzene rings is 2. The lowest BCUT2D eigenvalue weighted by atomic mass is 10.1. The molecule has 0 saturated heterocycles. The molecule has 1 aromatic heterocycles. The summed E-state index contributed by atoms with van der Waals surface area (Å²) in [6.45, 7) is 2.09. The average molecular weight is 393 g/mol. The highest BCUT2D eigenvalue weighted by Crippen LogP contribution is 2.28. The van der Waals surface area contributed by atoms with Gasteiger partial charge in [-0.25, -0.2) is 9.69 Å². The van der Waals surface area contributed by atoms with Crippen molar-refractivity contribution in [1.82, 2.24) is 15.5 Å². The fraction of sp³-hybridized carbons (Fsp3) is 0.105. The van der Waals surface area contributed by atoms with Crippen LogP contribution in [0.15, 0.2) is 48.5 Å². The fourth-order valence-corrected chi connectivity index (χ4v) is 3.44. The van der Waals surface area contributed by atoms with Gasteiger partial charge in [0, 0.05) is 6.54 Å². The van der Waals surface area contributed by atoms with Gasteiger partial charge in [-0.2, -0.15) is 0 Å². The lowest BCUT2D eigenvalue weighted by Gasteiger charge is -2.14. The van der Waals surface area contributed by atoms with E-state index in [-0.39, 0.29) is 24.4 Å². The average Bonchev–Trinajstić information content (AvgIpc) is 3.22. The molecule has 28 heavy (non-hydrogen) atoms. The van der Waals surface area contributed by atoms with Crippen LogP contribution in [0, 0.1) is 6.92 Å². The zero-order chi connectivity index (χ0) is 19.7. The Morgan fingerprint density at radius 3 is 2.21 bits per heavy atom. The smallest absolute Gasteiger partial charge is 0.321 e. The Bertz CT molecular complexity index is 1040. The van der Waals surface area contributed by atoms with E-state index < -0.39 is 0 Å². The number of nitrogens with one attached hydrogen (secondary N) is 2. The standard InChI is InChI=1S/C19H15N5O3S/c1-11-22-23-19(28-11)21-18(27)20-10-12-6-8-13(9-7-12)24-16(25)14-4-2-3-5-15(14)17(24)26/h2-9H,10H2,1H3,(H2,20,21,23,27). The van der Waals surface area contributed by atoms with Crippen LogP contribution in [-0.4, -0.2) is 28.0 Å². The maximum Gasteiger partial charge on any atom is 0.321 e. The van der Waals surface area contributed by atoms with E-state index in [0.717, 1.165) is 15.5 Å². The zero-order valence-electron chi connectivity index (χ0n) is 14.8. The molecular weight excluding hydrogens is 378 g/mol. The molecule has 0 unspecified atom stereocenters. The molecule has 0 atom stereocenters. The first-order valence-electron chi connectivity index (χ1n) is 8.44. The largest absolute Gasteiger partial charge is 0.334 e. The molecule has 2 heterocycles. The quantitative estimate of drug-likeness (QED) is 0.663. The maximum atomic E-state index is 12.5. The van der Waals surface area contributed by atoms with Gasteiger partial charge in [0.25, 0.3) is 11.8 Å².